The molecule has 0 saturated heterocycles. The monoisotopic (exact) mass is 349 g/mol. The van der Waals surface area contributed by atoms with Crippen LogP contribution in [0.2, 0.25) is 0 Å². The molecule has 0 radical (unpaired) electrons. The molecule has 0 aromatic heterocycles. The molecule has 0 heterocycles. The van der Waals surface area contributed by atoms with Crippen LogP contribution in [-0.4, -0.2) is 0 Å². The topological polar surface area (TPSA) is 29.1 Å². The quantitative estimate of drug-likeness (QED) is 0.641. The van der Waals surface area contributed by atoms with Crippen molar-refractivity contribution >= 4 is 17.9 Å². The van der Waals surface area contributed by atoms with Crippen LogP contribution in [0.4, 0.5) is 0 Å². The van der Waals surface area contributed by atoms with Crippen molar-refractivity contribution in [3.8, 4) is 0 Å². The Morgan fingerprint density at radius 1 is 0.680 bits per heavy atom. The summed E-state index contributed by atoms with van der Waals surface area (Å²) in [7, 11) is -2.95. The Labute approximate surface area is 150 Å². The molecule has 1 N–H and O–H groups in total. The zero-order chi connectivity index (χ0) is 17.7. The second kappa shape index (κ2) is 7.82. The van der Waals surface area contributed by atoms with E-state index >= 15 is 0 Å². The number of hydrogen-bond donors (Lipinski definition) is 1. The van der Waals surface area contributed by atoms with Crippen molar-refractivity contribution in [1.82, 2.24) is 5.09 Å². The van der Waals surface area contributed by atoms with Crippen molar-refractivity contribution < 1.29 is 4.57 Å². The fourth-order valence-electron chi connectivity index (χ4n) is 3.04. The number of rotatable bonds is 6. The van der Waals surface area contributed by atoms with Gasteiger partial charge in [0.05, 0.1) is 0 Å². The summed E-state index contributed by atoms with van der Waals surface area (Å²) in [5.74, 6) is 0.308. The molecule has 0 fully saturated rings. The Balaban J connectivity index is 2.08. The standard InChI is InChI=1S/C22H24NOP/c1-18(2)22(19-12-6-3-7-13-19)23-25(24,20-14-8-4-9-15-20)21-16-10-5-11-17-21/h3-18,22H,1-2H3,(H,23,24)/t22-/m0/s1. The third kappa shape index (κ3) is 3.92. The minimum Gasteiger partial charge on any atom is -0.297 e. The van der Waals surface area contributed by atoms with Gasteiger partial charge in [0.25, 0.3) is 0 Å². The molecule has 0 bridgehead atoms. The van der Waals surface area contributed by atoms with E-state index in [-0.39, 0.29) is 6.04 Å². The molecule has 25 heavy (non-hydrogen) atoms. The molecule has 0 saturated carbocycles. The van der Waals surface area contributed by atoms with Gasteiger partial charge in [0.1, 0.15) is 0 Å². The van der Waals surface area contributed by atoms with E-state index in [4.69, 9.17) is 0 Å². The number of nitrogens with one attached hydrogen (secondary N) is 1. The van der Waals surface area contributed by atoms with Gasteiger partial charge in [-0.25, -0.2) is 0 Å². The van der Waals surface area contributed by atoms with E-state index in [1.54, 1.807) is 0 Å². The molecular formula is C22H24NOP. The third-order valence-corrected chi connectivity index (χ3v) is 7.08. The average molecular weight is 349 g/mol. The van der Waals surface area contributed by atoms with Crippen molar-refractivity contribution in [2.75, 3.05) is 0 Å². The van der Waals surface area contributed by atoms with Crippen molar-refractivity contribution in [2.45, 2.75) is 19.9 Å². The molecule has 0 unspecified atom stereocenters. The zero-order valence-corrected chi connectivity index (χ0v) is 15.6. The van der Waals surface area contributed by atoms with Crippen LogP contribution in [0.1, 0.15) is 25.5 Å². The van der Waals surface area contributed by atoms with Crippen LogP contribution < -0.4 is 15.7 Å². The molecule has 0 spiro atoms. The van der Waals surface area contributed by atoms with Crippen LogP contribution in [0.15, 0.2) is 91.0 Å². The highest BCUT2D eigenvalue weighted by Crippen LogP contribution is 2.43. The molecule has 0 aliphatic carbocycles. The maximum Gasteiger partial charge on any atom is 0.205 e. The molecule has 3 heteroatoms. The van der Waals surface area contributed by atoms with E-state index in [2.05, 4.69) is 31.1 Å². The van der Waals surface area contributed by atoms with Crippen LogP contribution >= 0.6 is 7.29 Å². The van der Waals surface area contributed by atoms with Gasteiger partial charge in [0.2, 0.25) is 7.29 Å². The zero-order valence-electron chi connectivity index (χ0n) is 14.7. The van der Waals surface area contributed by atoms with E-state index < -0.39 is 7.29 Å². The fraction of sp³-hybridized carbons (Fsp3) is 0.182. The van der Waals surface area contributed by atoms with E-state index in [9.17, 15) is 4.57 Å². The SMILES string of the molecule is CC(C)[C@H](NP(=O)(c1ccccc1)c1ccccc1)c1ccccc1. The van der Waals surface area contributed by atoms with Crippen LogP contribution in [-0.2, 0) is 4.57 Å². The van der Waals surface area contributed by atoms with Gasteiger partial charge in [-0.2, -0.15) is 0 Å². The first-order valence-electron chi connectivity index (χ1n) is 8.65. The minimum absolute atomic E-state index is 0.00689. The van der Waals surface area contributed by atoms with E-state index in [1.807, 2.05) is 78.9 Å². The largest absolute Gasteiger partial charge is 0.297 e. The molecule has 1 atom stereocenters. The first kappa shape index (κ1) is 17.7. The first-order valence-corrected chi connectivity index (χ1v) is 10.4. The lowest BCUT2D eigenvalue weighted by Gasteiger charge is -2.29. The second-order valence-corrected chi connectivity index (χ2v) is 9.05. The van der Waals surface area contributed by atoms with Crippen LogP contribution in [0, 0.1) is 5.92 Å². The summed E-state index contributed by atoms with van der Waals surface area (Å²) in [6.07, 6.45) is 0. The summed E-state index contributed by atoms with van der Waals surface area (Å²) in [6.45, 7) is 4.32. The van der Waals surface area contributed by atoms with Crippen LogP contribution in [0.3, 0.4) is 0 Å². The van der Waals surface area contributed by atoms with E-state index in [1.165, 1.54) is 0 Å². The van der Waals surface area contributed by atoms with E-state index in [0.717, 1.165) is 16.2 Å². The van der Waals surface area contributed by atoms with Gasteiger partial charge in [-0.15, -0.1) is 0 Å². The lowest BCUT2D eigenvalue weighted by molar-refractivity contribution is 0.468. The molecule has 0 amide bonds. The predicted octanol–water partition coefficient (Wildman–Crippen LogP) is 4.90. The third-order valence-electron chi connectivity index (χ3n) is 4.39. The Kier molecular flexibility index (Phi) is 5.53. The fourth-order valence-corrected chi connectivity index (χ4v) is 5.66. The number of hydrogen-bond acceptors (Lipinski definition) is 1. The second-order valence-electron chi connectivity index (χ2n) is 6.54. The Morgan fingerprint density at radius 3 is 1.48 bits per heavy atom. The van der Waals surface area contributed by atoms with Crippen molar-refractivity contribution in [3.63, 3.8) is 0 Å². The highest BCUT2D eigenvalue weighted by atomic mass is 31.2. The molecule has 2 nitrogen and oxygen atoms in total. The highest BCUT2D eigenvalue weighted by molar-refractivity contribution is 7.76. The highest BCUT2D eigenvalue weighted by Gasteiger charge is 2.31. The number of benzene rings is 3. The molecular weight excluding hydrogens is 325 g/mol. The molecule has 128 valence electrons. The lowest BCUT2D eigenvalue weighted by Crippen LogP contribution is -2.32. The van der Waals surface area contributed by atoms with E-state index in [0.29, 0.717) is 5.92 Å². The molecule has 3 aromatic carbocycles. The van der Waals surface area contributed by atoms with Gasteiger partial charge in [-0.3, -0.25) is 9.65 Å². The molecule has 0 aliphatic heterocycles. The summed E-state index contributed by atoms with van der Waals surface area (Å²) < 4.78 is 14.2. The average Bonchev–Trinajstić information content (AvgIpc) is 2.68. The maximum atomic E-state index is 14.2. The lowest BCUT2D eigenvalue weighted by atomic mass is 9.97. The maximum absolute atomic E-state index is 14.2. The summed E-state index contributed by atoms with van der Waals surface area (Å²) in [5.41, 5.74) is 1.16. The van der Waals surface area contributed by atoms with Gasteiger partial charge in [0, 0.05) is 16.7 Å². The summed E-state index contributed by atoms with van der Waals surface area (Å²) >= 11 is 0. The minimum atomic E-state index is -2.95. The Morgan fingerprint density at radius 2 is 1.08 bits per heavy atom. The predicted molar refractivity (Wildman–Crippen MR) is 107 cm³/mol. The van der Waals surface area contributed by atoms with Crippen LogP contribution in [0.5, 0.6) is 0 Å². The summed E-state index contributed by atoms with van der Waals surface area (Å²) in [5, 5.41) is 5.21. The Bertz CT molecular complexity index is 788. The van der Waals surface area contributed by atoms with Gasteiger partial charge < -0.3 is 0 Å². The molecule has 3 aromatic rings. The van der Waals surface area contributed by atoms with Gasteiger partial charge in [-0.1, -0.05) is 80.6 Å². The Hall–Kier alpha value is -2.15. The normalized spacial score (nSPS) is 12.9. The summed E-state index contributed by atoms with van der Waals surface area (Å²) in [4.78, 5) is 0. The van der Waals surface area contributed by atoms with Gasteiger partial charge >= 0.3 is 0 Å². The van der Waals surface area contributed by atoms with Crippen molar-refractivity contribution in [3.05, 3.63) is 96.6 Å². The molecule has 3 rings (SSSR count). The molecule has 0 aliphatic rings. The summed E-state index contributed by atoms with van der Waals surface area (Å²) in [6, 6.07) is 29.7. The van der Waals surface area contributed by atoms with Gasteiger partial charge in [-0.05, 0) is 35.7 Å². The first-order chi connectivity index (χ1) is 12.1. The van der Waals surface area contributed by atoms with Crippen molar-refractivity contribution in [1.29, 1.82) is 0 Å². The smallest absolute Gasteiger partial charge is 0.205 e. The van der Waals surface area contributed by atoms with Gasteiger partial charge in [0.15, 0.2) is 0 Å². The van der Waals surface area contributed by atoms with Crippen molar-refractivity contribution in [2.24, 2.45) is 5.92 Å². The van der Waals surface area contributed by atoms with Crippen LogP contribution in [0.25, 0.3) is 0 Å².